The number of nitrogens with one attached hydrogen (secondary N) is 1. The summed E-state index contributed by atoms with van der Waals surface area (Å²) in [6.45, 7) is 5.25. The molecule has 33 heavy (non-hydrogen) atoms. The van der Waals surface area contributed by atoms with E-state index in [9.17, 15) is 9.59 Å². The summed E-state index contributed by atoms with van der Waals surface area (Å²) in [6, 6.07) is 16.2. The minimum absolute atomic E-state index is 0.0111. The molecule has 1 fully saturated rings. The summed E-state index contributed by atoms with van der Waals surface area (Å²) < 4.78 is 2.19. The smallest absolute Gasteiger partial charge is 0.254 e. The molecule has 0 saturated heterocycles. The monoisotopic (exact) mass is 444 g/mol. The van der Waals surface area contributed by atoms with E-state index in [1.54, 1.807) is 0 Å². The van der Waals surface area contributed by atoms with Crippen LogP contribution in [0, 0.1) is 0 Å². The van der Waals surface area contributed by atoms with Crippen LogP contribution < -0.4 is 5.32 Å². The summed E-state index contributed by atoms with van der Waals surface area (Å²) in [4.78, 5) is 33.3. The molecule has 1 aromatic heterocycles. The van der Waals surface area contributed by atoms with Gasteiger partial charge < -0.3 is 14.8 Å². The van der Waals surface area contributed by atoms with Gasteiger partial charge in [0.25, 0.3) is 5.91 Å². The molecule has 3 aromatic rings. The Morgan fingerprint density at radius 3 is 2.55 bits per heavy atom. The molecule has 2 aromatic carbocycles. The van der Waals surface area contributed by atoms with Gasteiger partial charge in [0.1, 0.15) is 5.82 Å². The number of nitrogens with zero attached hydrogens (tertiary/aromatic N) is 3. The SMILES string of the molecule is CC(C)n1c(CNC(=O)CC2(N3Cc4ccccc4C3=O)CCCCC2)nc2ccccc21. The Balaban J connectivity index is 1.34. The number of amides is 2. The van der Waals surface area contributed by atoms with Gasteiger partial charge in [-0.05, 0) is 50.5 Å². The molecule has 1 aliphatic carbocycles. The molecule has 1 aliphatic heterocycles. The number of carbonyl (C=O) groups is 2. The fraction of sp³-hybridized carbons (Fsp3) is 0.444. The molecule has 0 atom stereocenters. The van der Waals surface area contributed by atoms with Crippen LogP contribution in [0.3, 0.4) is 0 Å². The number of rotatable bonds is 6. The summed E-state index contributed by atoms with van der Waals surface area (Å²) in [6.07, 6.45) is 5.37. The maximum atomic E-state index is 13.3. The highest BCUT2D eigenvalue weighted by Crippen LogP contribution is 2.41. The van der Waals surface area contributed by atoms with Crippen molar-refractivity contribution in [3.05, 3.63) is 65.5 Å². The first-order valence-electron chi connectivity index (χ1n) is 12.1. The average Bonchev–Trinajstić information content (AvgIpc) is 3.36. The lowest BCUT2D eigenvalue weighted by molar-refractivity contribution is -0.124. The molecule has 0 unspecified atom stereocenters. The van der Waals surface area contributed by atoms with E-state index in [0.29, 0.717) is 19.5 Å². The molecule has 1 saturated carbocycles. The summed E-state index contributed by atoms with van der Waals surface area (Å²) in [5.41, 5.74) is 3.48. The van der Waals surface area contributed by atoms with Crippen molar-refractivity contribution in [3.63, 3.8) is 0 Å². The highest BCUT2D eigenvalue weighted by Gasteiger charge is 2.45. The normalized spacial score (nSPS) is 17.5. The topological polar surface area (TPSA) is 67.2 Å². The van der Waals surface area contributed by atoms with Gasteiger partial charge in [-0.3, -0.25) is 9.59 Å². The highest BCUT2D eigenvalue weighted by atomic mass is 16.2. The molecular formula is C27H32N4O2. The second-order valence-electron chi connectivity index (χ2n) is 9.77. The summed E-state index contributed by atoms with van der Waals surface area (Å²) >= 11 is 0. The maximum absolute atomic E-state index is 13.3. The molecule has 1 N–H and O–H groups in total. The second kappa shape index (κ2) is 8.65. The predicted octanol–water partition coefficient (Wildman–Crippen LogP) is 4.98. The Bertz CT molecular complexity index is 1190. The van der Waals surface area contributed by atoms with E-state index in [2.05, 4.69) is 29.8 Å². The molecular weight excluding hydrogens is 412 g/mol. The number of carbonyl (C=O) groups excluding carboxylic acids is 2. The Morgan fingerprint density at radius 2 is 1.79 bits per heavy atom. The number of aromatic nitrogens is 2. The van der Waals surface area contributed by atoms with Gasteiger partial charge >= 0.3 is 0 Å². The zero-order valence-corrected chi connectivity index (χ0v) is 19.5. The quantitative estimate of drug-likeness (QED) is 0.583. The van der Waals surface area contributed by atoms with Crippen LogP contribution in [0.2, 0.25) is 0 Å². The Morgan fingerprint density at radius 1 is 1.06 bits per heavy atom. The zero-order chi connectivity index (χ0) is 23.0. The van der Waals surface area contributed by atoms with Gasteiger partial charge in [-0.15, -0.1) is 0 Å². The number of benzene rings is 2. The second-order valence-corrected chi connectivity index (χ2v) is 9.77. The van der Waals surface area contributed by atoms with Crippen LogP contribution in [-0.4, -0.2) is 31.8 Å². The van der Waals surface area contributed by atoms with Gasteiger partial charge in [0.05, 0.1) is 23.1 Å². The van der Waals surface area contributed by atoms with E-state index in [4.69, 9.17) is 4.98 Å². The van der Waals surface area contributed by atoms with Crippen molar-refractivity contribution < 1.29 is 9.59 Å². The van der Waals surface area contributed by atoms with Gasteiger partial charge in [-0.1, -0.05) is 49.6 Å². The number of imidazole rings is 1. The van der Waals surface area contributed by atoms with Crippen LogP contribution in [0.5, 0.6) is 0 Å². The van der Waals surface area contributed by atoms with Crippen molar-refractivity contribution in [1.29, 1.82) is 0 Å². The van der Waals surface area contributed by atoms with E-state index in [1.807, 2.05) is 47.4 Å². The van der Waals surface area contributed by atoms with E-state index >= 15 is 0 Å². The molecule has 6 heteroatoms. The fourth-order valence-electron chi connectivity index (χ4n) is 5.72. The Labute approximate surface area is 195 Å². The van der Waals surface area contributed by atoms with Crippen LogP contribution >= 0.6 is 0 Å². The van der Waals surface area contributed by atoms with Crippen LogP contribution in [0.1, 0.15) is 80.2 Å². The van der Waals surface area contributed by atoms with Crippen LogP contribution in [0.15, 0.2) is 48.5 Å². The van der Waals surface area contributed by atoms with E-state index in [0.717, 1.165) is 60.1 Å². The van der Waals surface area contributed by atoms with Gasteiger partial charge in [-0.25, -0.2) is 4.98 Å². The van der Waals surface area contributed by atoms with Gasteiger partial charge in [-0.2, -0.15) is 0 Å². The first-order valence-corrected chi connectivity index (χ1v) is 12.1. The lowest BCUT2D eigenvalue weighted by Gasteiger charge is -2.44. The number of hydrogen-bond acceptors (Lipinski definition) is 3. The van der Waals surface area contributed by atoms with Gasteiger partial charge in [0.15, 0.2) is 0 Å². The standard InChI is InChI=1S/C27H32N4O2/c1-19(2)31-23-13-7-6-12-22(23)29-24(31)17-28-25(32)16-27(14-8-3-9-15-27)30-18-20-10-4-5-11-21(20)26(30)33/h4-7,10-13,19H,3,8-9,14-18H2,1-2H3,(H,28,32). The third-order valence-corrected chi connectivity index (χ3v) is 7.30. The molecule has 6 nitrogen and oxygen atoms in total. The number of para-hydroxylation sites is 2. The largest absolute Gasteiger partial charge is 0.349 e. The molecule has 5 rings (SSSR count). The third-order valence-electron chi connectivity index (χ3n) is 7.30. The fourth-order valence-corrected chi connectivity index (χ4v) is 5.72. The van der Waals surface area contributed by atoms with Crippen LogP contribution in [-0.2, 0) is 17.9 Å². The van der Waals surface area contributed by atoms with Crippen molar-refractivity contribution in [2.75, 3.05) is 0 Å². The number of hydrogen-bond donors (Lipinski definition) is 1. The lowest BCUT2D eigenvalue weighted by atomic mass is 9.77. The molecule has 0 bridgehead atoms. The third kappa shape index (κ3) is 3.92. The maximum Gasteiger partial charge on any atom is 0.254 e. The van der Waals surface area contributed by atoms with Crippen molar-refractivity contribution in [2.45, 2.75) is 77.0 Å². The molecule has 2 aliphatic rings. The molecule has 2 heterocycles. The van der Waals surface area contributed by atoms with Crippen LogP contribution in [0.4, 0.5) is 0 Å². The van der Waals surface area contributed by atoms with Crippen molar-refractivity contribution in [3.8, 4) is 0 Å². The van der Waals surface area contributed by atoms with E-state index < -0.39 is 5.54 Å². The molecule has 172 valence electrons. The Kier molecular flexibility index (Phi) is 5.69. The van der Waals surface area contributed by atoms with Crippen molar-refractivity contribution in [2.24, 2.45) is 0 Å². The van der Waals surface area contributed by atoms with E-state index in [1.165, 1.54) is 0 Å². The van der Waals surface area contributed by atoms with E-state index in [-0.39, 0.29) is 17.9 Å². The minimum atomic E-state index is -0.406. The van der Waals surface area contributed by atoms with Crippen molar-refractivity contribution >= 4 is 22.8 Å². The first kappa shape index (κ1) is 21.7. The predicted molar refractivity (Wildman–Crippen MR) is 129 cm³/mol. The molecule has 0 radical (unpaired) electrons. The summed E-state index contributed by atoms with van der Waals surface area (Å²) in [7, 11) is 0. The molecule has 2 amide bonds. The highest BCUT2D eigenvalue weighted by molar-refractivity contribution is 5.99. The average molecular weight is 445 g/mol. The van der Waals surface area contributed by atoms with Gasteiger partial charge in [0, 0.05) is 24.6 Å². The Hall–Kier alpha value is -3.15. The number of fused-ring (bicyclic) bond motifs is 2. The zero-order valence-electron chi connectivity index (χ0n) is 19.5. The van der Waals surface area contributed by atoms with Gasteiger partial charge in [0.2, 0.25) is 5.91 Å². The first-order chi connectivity index (χ1) is 16.0. The van der Waals surface area contributed by atoms with Crippen molar-refractivity contribution in [1.82, 2.24) is 19.8 Å². The lowest BCUT2D eigenvalue weighted by Crippen LogP contribution is -2.52. The molecule has 0 spiro atoms. The summed E-state index contributed by atoms with van der Waals surface area (Å²) in [5.74, 6) is 0.923. The van der Waals surface area contributed by atoms with Crippen LogP contribution in [0.25, 0.3) is 11.0 Å². The minimum Gasteiger partial charge on any atom is -0.349 e. The summed E-state index contributed by atoms with van der Waals surface area (Å²) in [5, 5.41) is 3.13.